The molecule has 0 aliphatic heterocycles. The van der Waals surface area contributed by atoms with Crippen LogP contribution in [0.25, 0.3) is 21.7 Å². The molecule has 0 fully saturated rings. The van der Waals surface area contributed by atoms with E-state index in [4.69, 9.17) is 13.9 Å². The number of carbonyl (C=O) groups excluding carboxylic acids is 1. The predicted molar refractivity (Wildman–Crippen MR) is 137 cm³/mol. The van der Waals surface area contributed by atoms with Crippen LogP contribution >= 0.6 is 0 Å². The number of hydrogen-bond acceptors (Lipinski definition) is 5. The smallest absolute Gasteiger partial charge is 0.307 e. The molecule has 1 aromatic heterocycles. The van der Waals surface area contributed by atoms with Crippen molar-refractivity contribution in [1.82, 2.24) is 5.43 Å². The third-order valence-corrected chi connectivity index (χ3v) is 5.53. The molecule has 1 N–H and O–H groups in total. The van der Waals surface area contributed by atoms with Crippen LogP contribution in [0.1, 0.15) is 28.6 Å². The zero-order valence-electron chi connectivity index (χ0n) is 19.2. The molecule has 6 nitrogen and oxygen atoms in total. The molecule has 35 heavy (non-hydrogen) atoms. The maximum atomic E-state index is 12.6. The van der Waals surface area contributed by atoms with Crippen LogP contribution in [0.5, 0.6) is 11.5 Å². The van der Waals surface area contributed by atoms with E-state index in [1.807, 2.05) is 91.9 Å². The highest BCUT2D eigenvalue weighted by Gasteiger charge is 2.13. The second-order valence-electron chi connectivity index (χ2n) is 7.92. The SMILES string of the molecule is CCOc1cc(C=NNC(=O)c2cc3c(ccc4ccccc43)o2)ccc1OCc1ccccc1. The molecule has 5 rings (SSSR count). The molecule has 4 aromatic carbocycles. The molecule has 0 aliphatic carbocycles. The van der Waals surface area contributed by atoms with Gasteiger partial charge in [0, 0.05) is 5.39 Å². The number of rotatable bonds is 8. The monoisotopic (exact) mass is 464 g/mol. The average Bonchev–Trinajstić information content (AvgIpc) is 3.34. The lowest BCUT2D eigenvalue weighted by atomic mass is 10.1. The van der Waals surface area contributed by atoms with Gasteiger partial charge in [-0.2, -0.15) is 5.10 Å². The summed E-state index contributed by atoms with van der Waals surface area (Å²) in [5.74, 6) is 1.04. The van der Waals surface area contributed by atoms with E-state index >= 15 is 0 Å². The van der Waals surface area contributed by atoms with E-state index in [9.17, 15) is 4.79 Å². The zero-order valence-corrected chi connectivity index (χ0v) is 19.2. The van der Waals surface area contributed by atoms with Crippen molar-refractivity contribution in [2.45, 2.75) is 13.5 Å². The first-order valence-corrected chi connectivity index (χ1v) is 11.4. The van der Waals surface area contributed by atoms with Gasteiger partial charge in [-0.1, -0.05) is 60.7 Å². The Kier molecular flexibility index (Phi) is 6.44. The van der Waals surface area contributed by atoms with Crippen molar-refractivity contribution in [1.29, 1.82) is 0 Å². The molecular weight excluding hydrogens is 440 g/mol. The highest BCUT2D eigenvalue weighted by atomic mass is 16.5. The van der Waals surface area contributed by atoms with Gasteiger partial charge in [-0.3, -0.25) is 4.79 Å². The Bertz CT molecular complexity index is 1510. The lowest BCUT2D eigenvalue weighted by molar-refractivity contribution is 0.0929. The standard InChI is InChI=1S/C29H24N2O4/c1-2-33-27-16-21(12-14-26(27)34-19-20-8-4-3-5-9-20)18-30-31-29(32)28-17-24-23-11-7-6-10-22(23)13-15-25(24)35-28/h3-18H,2,19H2,1H3,(H,31,32). The van der Waals surface area contributed by atoms with Gasteiger partial charge in [0.15, 0.2) is 17.3 Å². The van der Waals surface area contributed by atoms with Gasteiger partial charge in [0.2, 0.25) is 0 Å². The number of fused-ring (bicyclic) bond motifs is 3. The van der Waals surface area contributed by atoms with Gasteiger partial charge < -0.3 is 13.9 Å². The van der Waals surface area contributed by atoms with Crippen molar-refractivity contribution in [3.63, 3.8) is 0 Å². The molecule has 0 unspecified atom stereocenters. The second-order valence-corrected chi connectivity index (χ2v) is 7.92. The molecule has 0 radical (unpaired) electrons. The Balaban J connectivity index is 1.28. The number of ether oxygens (including phenoxy) is 2. The predicted octanol–water partition coefficient (Wildman–Crippen LogP) is 6.33. The number of nitrogens with one attached hydrogen (secondary N) is 1. The lowest BCUT2D eigenvalue weighted by Crippen LogP contribution is -2.16. The van der Waals surface area contributed by atoms with E-state index in [-0.39, 0.29) is 5.76 Å². The van der Waals surface area contributed by atoms with Crippen LogP contribution < -0.4 is 14.9 Å². The molecule has 0 atom stereocenters. The Morgan fingerprint density at radius 3 is 2.57 bits per heavy atom. The fourth-order valence-electron chi connectivity index (χ4n) is 3.85. The molecule has 0 spiro atoms. The van der Waals surface area contributed by atoms with Crippen LogP contribution in [-0.4, -0.2) is 18.7 Å². The van der Waals surface area contributed by atoms with Crippen molar-refractivity contribution in [2.75, 3.05) is 6.61 Å². The summed E-state index contributed by atoms with van der Waals surface area (Å²) in [6.07, 6.45) is 1.56. The first-order chi connectivity index (χ1) is 17.2. The van der Waals surface area contributed by atoms with Gasteiger partial charge in [0.1, 0.15) is 12.2 Å². The van der Waals surface area contributed by atoms with E-state index < -0.39 is 5.91 Å². The zero-order chi connectivity index (χ0) is 24.0. The van der Waals surface area contributed by atoms with Crippen LogP contribution in [-0.2, 0) is 6.61 Å². The van der Waals surface area contributed by atoms with Gasteiger partial charge in [-0.25, -0.2) is 5.43 Å². The molecule has 6 heteroatoms. The quantitative estimate of drug-likeness (QED) is 0.215. The summed E-state index contributed by atoms with van der Waals surface area (Å²) in [4.78, 5) is 12.6. The van der Waals surface area contributed by atoms with Gasteiger partial charge in [0.05, 0.1) is 12.8 Å². The summed E-state index contributed by atoms with van der Waals surface area (Å²) >= 11 is 0. The van der Waals surface area contributed by atoms with Crippen LogP contribution in [0, 0.1) is 0 Å². The largest absolute Gasteiger partial charge is 0.490 e. The Morgan fingerprint density at radius 1 is 0.886 bits per heavy atom. The number of hydrogen-bond donors (Lipinski definition) is 1. The van der Waals surface area contributed by atoms with E-state index in [1.54, 1.807) is 12.3 Å². The minimum atomic E-state index is -0.422. The Morgan fingerprint density at radius 2 is 1.71 bits per heavy atom. The van der Waals surface area contributed by atoms with E-state index in [2.05, 4.69) is 10.5 Å². The molecule has 0 aliphatic rings. The lowest BCUT2D eigenvalue weighted by Gasteiger charge is -2.12. The number of nitrogens with zero attached hydrogens (tertiary/aromatic N) is 1. The van der Waals surface area contributed by atoms with Crippen molar-refractivity contribution in [3.8, 4) is 11.5 Å². The van der Waals surface area contributed by atoms with Gasteiger partial charge in [0.25, 0.3) is 0 Å². The topological polar surface area (TPSA) is 73.1 Å². The molecule has 0 saturated carbocycles. The molecule has 1 heterocycles. The maximum absolute atomic E-state index is 12.6. The number of furan rings is 1. The van der Waals surface area contributed by atoms with Gasteiger partial charge in [-0.15, -0.1) is 0 Å². The summed E-state index contributed by atoms with van der Waals surface area (Å²) in [5, 5.41) is 7.11. The molecule has 0 bridgehead atoms. The molecule has 174 valence electrons. The van der Waals surface area contributed by atoms with Crippen molar-refractivity contribution in [3.05, 3.63) is 108 Å². The number of carbonyl (C=O) groups is 1. The maximum Gasteiger partial charge on any atom is 0.307 e. The molecule has 0 saturated heterocycles. The first-order valence-electron chi connectivity index (χ1n) is 11.4. The van der Waals surface area contributed by atoms with Crippen LogP contribution in [0.2, 0.25) is 0 Å². The van der Waals surface area contributed by atoms with Crippen LogP contribution in [0.15, 0.2) is 101 Å². The van der Waals surface area contributed by atoms with E-state index in [0.29, 0.717) is 30.3 Å². The van der Waals surface area contributed by atoms with Crippen molar-refractivity contribution >= 4 is 33.9 Å². The molecule has 5 aromatic rings. The first kappa shape index (κ1) is 22.2. The highest BCUT2D eigenvalue weighted by Crippen LogP contribution is 2.29. The fourth-order valence-corrected chi connectivity index (χ4v) is 3.85. The minimum absolute atomic E-state index is 0.202. The minimum Gasteiger partial charge on any atom is -0.490 e. The van der Waals surface area contributed by atoms with Gasteiger partial charge >= 0.3 is 5.91 Å². The van der Waals surface area contributed by atoms with E-state index in [1.165, 1.54) is 0 Å². The molecule has 1 amide bonds. The van der Waals surface area contributed by atoms with E-state index in [0.717, 1.165) is 27.3 Å². The summed E-state index contributed by atoms with van der Waals surface area (Å²) in [6, 6.07) is 29.0. The summed E-state index contributed by atoms with van der Waals surface area (Å²) < 4.78 is 17.4. The van der Waals surface area contributed by atoms with Crippen molar-refractivity contribution in [2.24, 2.45) is 5.10 Å². The van der Waals surface area contributed by atoms with Crippen molar-refractivity contribution < 1.29 is 18.7 Å². The van der Waals surface area contributed by atoms with Gasteiger partial charge in [-0.05, 0) is 59.2 Å². The Labute approximate surface area is 202 Å². The highest BCUT2D eigenvalue weighted by molar-refractivity contribution is 6.08. The normalized spacial score (nSPS) is 11.2. The Hall–Kier alpha value is -4.58. The third kappa shape index (κ3) is 5.01. The number of amides is 1. The summed E-state index contributed by atoms with van der Waals surface area (Å²) in [5.41, 5.74) is 5.02. The summed E-state index contributed by atoms with van der Waals surface area (Å²) in [6.45, 7) is 2.86. The third-order valence-electron chi connectivity index (χ3n) is 5.53. The fraction of sp³-hybridized carbons (Fsp3) is 0.103. The number of benzene rings is 4. The number of hydrazone groups is 1. The second kappa shape index (κ2) is 10.1. The molecular formula is C29H24N2O4. The average molecular weight is 465 g/mol. The summed E-state index contributed by atoms with van der Waals surface area (Å²) in [7, 11) is 0. The van der Waals surface area contributed by atoms with Crippen LogP contribution in [0.4, 0.5) is 0 Å². The van der Waals surface area contributed by atoms with Crippen LogP contribution in [0.3, 0.4) is 0 Å².